The zero-order chi connectivity index (χ0) is 12.1. The first kappa shape index (κ1) is 12.4. The molecule has 0 aliphatic carbocycles. The molecule has 0 saturated carbocycles. The molecule has 2 rings (SSSR count). The summed E-state index contributed by atoms with van der Waals surface area (Å²) in [6, 6.07) is 4.33. The fourth-order valence-electron chi connectivity index (χ4n) is 2.48. The van der Waals surface area contributed by atoms with Gasteiger partial charge in [-0.15, -0.1) is 0 Å². The molecule has 1 saturated heterocycles. The largest absolute Gasteiger partial charge is 0.384 e. The van der Waals surface area contributed by atoms with Crippen LogP contribution in [0.2, 0.25) is 0 Å². The summed E-state index contributed by atoms with van der Waals surface area (Å²) in [5.41, 5.74) is 2.42. The van der Waals surface area contributed by atoms with Gasteiger partial charge >= 0.3 is 0 Å². The monoisotopic (exact) mass is 234 g/mol. The van der Waals surface area contributed by atoms with Crippen LogP contribution in [0, 0.1) is 5.92 Å². The molecule has 94 valence electrons. The number of hydrogen-bond acceptors (Lipinski definition) is 3. The molecule has 2 heterocycles. The maximum Gasteiger partial charge on any atom is 0.0553 e. The Morgan fingerprint density at radius 3 is 3.00 bits per heavy atom. The van der Waals surface area contributed by atoms with E-state index in [9.17, 15) is 0 Å². The summed E-state index contributed by atoms with van der Waals surface area (Å²) in [6.45, 7) is 5.25. The number of aromatic nitrogens is 1. The third-order valence-electron chi connectivity index (χ3n) is 3.46. The van der Waals surface area contributed by atoms with E-state index in [4.69, 9.17) is 4.74 Å². The van der Waals surface area contributed by atoms with Crippen molar-refractivity contribution in [2.24, 2.45) is 5.92 Å². The van der Waals surface area contributed by atoms with Crippen LogP contribution in [0.3, 0.4) is 0 Å². The number of nitrogens with zero attached hydrogens (tertiary/aromatic N) is 2. The van der Waals surface area contributed by atoms with Crippen LogP contribution in [0.5, 0.6) is 0 Å². The smallest absolute Gasteiger partial charge is 0.0553 e. The number of pyridine rings is 1. The van der Waals surface area contributed by atoms with Crippen molar-refractivity contribution in [2.45, 2.75) is 26.2 Å². The molecule has 0 bridgehead atoms. The summed E-state index contributed by atoms with van der Waals surface area (Å²) in [5.74, 6) is 0.666. The fraction of sp³-hybridized carbons (Fsp3) is 0.643. The summed E-state index contributed by atoms with van der Waals surface area (Å²) in [4.78, 5) is 6.90. The molecule has 0 spiro atoms. The first-order valence-electron chi connectivity index (χ1n) is 6.52. The highest BCUT2D eigenvalue weighted by Gasteiger charge is 2.20. The lowest BCUT2D eigenvalue weighted by atomic mass is 9.98. The van der Waals surface area contributed by atoms with E-state index < -0.39 is 0 Å². The van der Waals surface area contributed by atoms with Crippen molar-refractivity contribution in [1.82, 2.24) is 4.98 Å². The highest BCUT2D eigenvalue weighted by molar-refractivity contribution is 5.45. The summed E-state index contributed by atoms with van der Waals surface area (Å²) in [6.07, 6.45) is 5.55. The molecule has 0 N–H and O–H groups in total. The van der Waals surface area contributed by atoms with Crippen LogP contribution in [-0.4, -0.2) is 31.8 Å². The Kier molecular flexibility index (Phi) is 4.37. The van der Waals surface area contributed by atoms with E-state index in [1.165, 1.54) is 24.2 Å². The van der Waals surface area contributed by atoms with Gasteiger partial charge < -0.3 is 9.64 Å². The molecule has 1 aromatic heterocycles. The van der Waals surface area contributed by atoms with Gasteiger partial charge in [-0.25, -0.2) is 0 Å². The molecule has 1 atom stereocenters. The Morgan fingerprint density at radius 2 is 2.35 bits per heavy atom. The quantitative estimate of drug-likeness (QED) is 0.800. The van der Waals surface area contributed by atoms with Crippen LogP contribution in [0.1, 0.15) is 25.5 Å². The first-order valence-corrected chi connectivity index (χ1v) is 6.52. The molecule has 1 unspecified atom stereocenters. The SMILES string of the molecule is CCc1ccc(N2CCCC(COC)C2)cn1. The average molecular weight is 234 g/mol. The Hall–Kier alpha value is -1.09. The van der Waals surface area contributed by atoms with E-state index in [-0.39, 0.29) is 0 Å². The van der Waals surface area contributed by atoms with Gasteiger partial charge in [0.2, 0.25) is 0 Å². The second-order valence-corrected chi connectivity index (χ2v) is 4.77. The Labute approximate surface area is 104 Å². The van der Waals surface area contributed by atoms with Gasteiger partial charge in [-0.2, -0.15) is 0 Å². The molecule has 3 nitrogen and oxygen atoms in total. The van der Waals surface area contributed by atoms with Crippen molar-refractivity contribution in [2.75, 3.05) is 31.7 Å². The number of hydrogen-bond donors (Lipinski definition) is 0. The van der Waals surface area contributed by atoms with Gasteiger partial charge in [0, 0.05) is 25.9 Å². The molecule has 1 aliphatic rings. The van der Waals surface area contributed by atoms with Crippen LogP contribution >= 0.6 is 0 Å². The molecule has 0 aromatic carbocycles. The zero-order valence-electron chi connectivity index (χ0n) is 10.9. The van der Waals surface area contributed by atoms with Gasteiger partial charge in [0.25, 0.3) is 0 Å². The van der Waals surface area contributed by atoms with Gasteiger partial charge in [0.1, 0.15) is 0 Å². The lowest BCUT2D eigenvalue weighted by molar-refractivity contribution is 0.143. The van der Waals surface area contributed by atoms with E-state index in [2.05, 4.69) is 28.9 Å². The number of piperidine rings is 1. The topological polar surface area (TPSA) is 25.4 Å². The highest BCUT2D eigenvalue weighted by Crippen LogP contribution is 2.22. The number of methoxy groups -OCH3 is 1. The third kappa shape index (κ3) is 3.19. The Bertz CT molecular complexity index is 335. The summed E-state index contributed by atoms with van der Waals surface area (Å²) >= 11 is 0. The number of ether oxygens (including phenoxy) is 1. The van der Waals surface area contributed by atoms with Crippen molar-refractivity contribution in [3.63, 3.8) is 0 Å². The lowest BCUT2D eigenvalue weighted by Gasteiger charge is -2.33. The Morgan fingerprint density at radius 1 is 1.47 bits per heavy atom. The number of aryl methyl sites for hydroxylation is 1. The minimum atomic E-state index is 0.666. The molecule has 1 aromatic rings. The van der Waals surface area contributed by atoms with Crippen LogP contribution in [-0.2, 0) is 11.2 Å². The second-order valence-electron chi connectivity index (χ2n) is 4.77. The van der Waals surface area contributed by atoms with Gasteiger partial charge in [-0.1, -0.05) is 6.92 Å². The van der Waals surface area contributed by atoms with Gasteiger partial charge in [0.05, 0.1) is 18.5 Å². The van der Waals surface area contributed by atoms with Gasteiger partial charge in [-0.3, -0.25) is 4.98 Å². The molecule has 17 heavy (non-hydrogen) atoms. The number of anilines is 1. The summed E-state index contributed by atoms with van der Waals surface area (Å²) in [7, 11) is 1.79. The predicted molar refractivity (Wildman–Crippen MR) is 70.4 cm³/mol. The van der Waals surface area contributed by atoms with Crippen LogP contribution in [0.25, 0.3) is 0 Å². The van der Waals surface area contributed by atoms with Crippen LogP contribution in [0.15, 0.2) is 18.3 Å². The molecule has 1 aliphatic heterocycles. The minimum Gasteiger partial charge on any atom is -0.384 e. The lowest BCUT2D eigenvalue weighted by Crippen LogP contribution is -2.37. The first-order chi connectivity index (χ1) is 8.33. The normalized spacial score (nSPS) is 20.6. The van der Waals surface area contributed by atoms with Crippen molar-refractivity contribution in [1.29, 1.82) is 0 Å². The fourth-order valence-corrected chi connectivity index (χ4v) is 2.48. The molecular weight excluding hydrogens is 212 g/mol. The van der Waals surface area contributed by atoms with Crippen molar-refractivity contribution in [3.8, 4) is 0 Å². The second kappa shape index (κ2) is 6.01. The Balaban J connectivity index is 2.00. The maximum atomic E-state index is 5.26. The highest BCUT2D eigenvalue weighted by atomic mass is 16.5. The van der Waals surface area contributed by atoms with E-state index in [1.807, 2.05) is 6.20 Å². The van der Waals surface area contributed by atoms with Gasteiger partial charge in [0.15, 0.2) is 0 Å². The van der Waals surface area contributed by atoms with E-state index >= 15 is 0 Å². The molecular formula is C14H22N2O. The molecule has 3 heteroatoms. The van der Waals surface area contributed by atoms with E-state index in [0.29, 0.717) is 5.92 Å². The molecule has 1 fully saturated rings. The van der Waals surface area contributed by atoms with Crippen molar-refractivity contribution in [3.05, 3.63) is 24.0 Å². The van der Waals surface area contributed by atoms with Crippen LogP contribution < -0.4 is 4.90 Å². The standard InChI is InChI=1S/C14H22N2O/c1-3-13-6-7-14(9-15-13)16-8-4-5-12(10-16)11-17-2/h6-7,9,12H,3-5,8,10-11H2,1-2H3. The van der Waals surface area contributed by atoms with E-state index in [0.717, 1.165) is 26.1 Å². The average Bonchev–Trinajstić information content (AvgIpc) is 2.40. The third-order valence-corrected chi connectivity index (χ3v) is 3.46. The zero-order valence-corrected chi connectivity index (χ0v) is 10.9. The van der Waals surface area contributed by atoms with Crippen LogP contribution in [0.4, 0.5) is 5.69 Å². The van der Waals surface area contributed by atoms with Crippen molar-refractivity contribution >= 4 is 5.69 Å². The van der Waals surface area contributed by atoms with Gasteiger partial charge in [-0.05, 0) is 37.3 Å². The maximum absolute atomic E-state index is 5.26. The van der Waals surface area contributed by atoms with Crippen molar-refractivity contribution < 1.29 is 4.74 Å². The predicted octanol–water partition coefficient (Wildman–Crippen LogP) is 2.51. The number of rotatable bonds is 4. The summed E-state index contributed by atoms with van der Waals surface area (Å²) in [5, 5.41) is 0. The summed E-state index contributed by atoms with van der Waals surface area (Å²) < 4.78 is 5.26. The minimum absolute atomic E-state index is 0.666. The van der Waals surface area contributed by atoms with E-state index in [1.54, 1.807) is 7.11 Å². The molecule has 0 radical (unpaired) electrons. The molecule has 0 amide bonds.